The zero-order valence-electron chi connectivity index (χ0n) is 14.1. The van der Waals surface area contributed by atoms with Crippen molar-refractivity contribution in [2.45, 2.75) is 18.5 Å². The fourth-order valence-electron chi connectivity index (χ4n) is 2.53. The van der Waals surface area contributed by atoms with Crippen LogP contribution in [0.2, 0.25) is 0 Å². The van der Waals surface area contributed by atoms with E-state index < -0.39 is 54.8 Å². The van der Waals surface area contributed by atoms with Crippen LogP contribution in [-0.2, 0) is 15.8 Å². The summed E-state index contributed by atoms with van der Waals surface area (Å²) >= 11 is 0. The molecule has 0 aromatic heterocycles. The fourth-order valence-corrected chi connectivity index (χ4v) is 2.53. The maximum absolute atomic E-state index is 13.2. The van der Waals surface area contributed by atoms with Crippen LogP contribution in [0.25, 0.3) is 0 Å². The average molecular weight is 438 g/mol. The van der Waals surface area contributed by atoms with Crippen LogP contribution in [0.15, 0.2) is 18.2 Å². The van der Waals surface area contributed by atoms with Crippen LogP contribution in [0.5, 0.6) is 5.75 Å². The molecule has 5 nitrogen and oxygen atoms in total. The summed E-state index contributed by atoms with van der Waals surface area (Å²) in [6, 6.07) is 1.85. The summed E-state index contributed by atoms with van der Waals surface area (Å²) in [6.45, 7) is -1.35. The highest BCUT2D eigenvalue weighted by atomic mass is 19.4. The summed E-state index contributed by atoms with van der Waals surface area (Å²) in [5, 5.41) is 0. The Bertz CT molecular complexity index is 779. The van der Waals surface area contributed by atoms with Gasteiger partial charge in [-0.1, -0.05) is 0 Å². The van der Waals surface area contributed by atoms with Crippen molar-refractivity contribution in [2.75, 3.05) is 31.1 Å². The third-order valence-corrected chi connectivity index (χ3v) is 3.88. The summed E-state index contributed by atoms with van der Waals surface area (Å²) in [5.41, 5.74) is -1.84. The lowest BCUT2D eigenvalue weighted by atomic mass is 10.1. The van der Waals surface area contributed by atoms with Crippen molar-refractivity contribution in [1.29, 1.82) is 0 Å². The van der Waals surface area contributed by atoms with Crippen LogP contribution < -0.4 is 9.64 Å². The van der Waals surface area contributed by atoms with Gasteiger partial charge in [0.1, 0.15) is 11.3 Å². The molecule has 0 N–H and O–H groups in total. The van der Waals surface area contributed by atoms with E-state index in [-0.39, 0.29) is 18.8 Å². The van der Waals surface area contributed by atoms with Gasteiger partial charge < -0.3 is 14.5 Å². The lowest BCUT2D eigenvalue weighted by molar-refractivity contribution is -0.190. The quantitative estimate of drug-likeness (QED) is 0.404. The van der Waals surface area contributed by atoms with E-state index in [4.69, 9.17) is 0 Å². The lowest BCUT2D eigenvalue weighted by Gasteiger charge is -2.36. The van der Waals surface area contributed by atoms with E-state index in [1.165, 1.54) is 4.90 Å². The largest absolute Gasteiger partial charge is 0.491 e. The van der Waals surface area contributed by atoms with E-state index in [9.17, 15) is 49.1 Å². The Balaban J connectivity index is 2.21. The molecule has 0 bridgehead atoms. The van der Waals surface area contributed by atoms with Crippen molar-refractivity contribution in [3.63, 3.8) is 0 Å². The van der Waals surface area contributed by atoms with Crippen LogP contribution in [0.3, 0.4) is 0 Å². The normalized spacial score (nSPS) is 16.0. The molecule has 1 amide bonds. The molecule has 2 rings (SSSR count). The molecule has 14 heteroatoms. The molecule has 1 fully saturated rings. The molecule has 0 radical (unpaired) electrons. The van der Waals surface area contributed by atoms with Crippen LogP contribution in [0, 0.1) is 0 Å². The number of hydrogen-bond acceptors (Lipinski definition) is 4. The number of benzene rings is 1. The Morgan fingerprint density at radius 1 is 0.828 bits per heavy atom. The first-order valence-corrected chi connectivity index (χ1v) is 7.72. The van der Waals surface area contributed by atoms with Gasteiger partial charge in [-0.2, -0.15) is 39.5 Å². The molecular weight excluding hydrogens is 427 g/mol. The molecule has 1 aliphatic heterocycles. The number of halogens is 9. The number of alkyl halides is 9. The first-order chi connectivity index (χ1) is 13.1. The van der Waals surface area contributed by atoms with Crippen molar-refractivity contribution in [3.8, 4) is 5.75 Å². The average Bonchev–Trinajstić information content (AvgIpc) is 2.59. The van der Waals surface area contributed by atoms with Gasteiger partial charge in [-0.15, -0.1) is 0 Å². The minimum absolute atomic E-state index is 0.178. The van der Waals surface area contributed by atoms with Crippen molar-refractivity contribution < 1.29 is 53.8 Å². The number of piperazine rings is 1. The fraction of sp³-hybridized carbons (Fsp3) is 0.467. The highest BCUT2D eigenvalue weighted by Gasteiger charge is 2.45. The van der Waals surface area contributed by atoms with E-state index in [2.05, 4.69) is 4.74 Å². The molecule has 0 aliphatic carbocycles. The predicted octanol–water partition coefficient (Wildman–Crippen LogP) is 3.38. The Hall–Kier alpha value is -2.67. The van der Waals surface area contributed by atoms with Crippen molar-refractivity contribution in [2.24, 2.45) is 0 Å². The number of rotatable bonds is 2. The minimum Gasteiger partial charge on any atom is -0.419 e. The van der Waals surface area contributed by atoms with Gasteiger partial charge in [0.15, 0.2) is 0 Å². The van der Waals surface area contributed by atoms with Crippen LogP contribution in [-0.4, -0.2) is 55.3 Å². The predicted molar refractivity (Wildman–Crippen MR) is 78.0 cm³/mol. The van der Waals surface area contributed by atoms with Gasteiger partial charge in [0.05, 0.1) is 0 Å². The molecule has 29 heavy (non-hydrogen) atoms. The summed E-state index contributed by atoms with van der Waals surface area (Å²) in [5.74, 6) is -6.29. The van der Waals surface area contributed by atoms with Gasteiger partial charge in [0, 0.05) is 31.9 Å². The highest BCUT2D eigenvalue weighted by molar-refractivity contribution is 5.82. The molecule has 0 spiro atoms. The third kappa shape index (κ3) is 5.44. The van der Waals surface area contributed by atoms with Crippen molar-refractivity contribution >= 4 is 17.6 Å². The topological polar surface area (TPSA) is 49.9 Å². The molecule has 162 valence electrons. The second-order valence-electron chi connectivity index (χ2n) is 5.84. The summed E-state index contributed by atoms with van der Waals surface area (Å²) < 4.78 is 117. The van der Waals surface area contributed by atoms with Crippen LogP contribution in [0.1, 0.15) is 5.56 Å². The van der Waals surface area contributed by atoms with Crippen LogP contribution in [0.4, 0.5) is 45.2 Å². The molecule has 1 aromatic rings. The summed E-state index contributed by atoms with van der Waals surface area (Å²) in [6.07, 6.45) is -15.8. The monoisotopic (exact) mass is 438 g/mol. The van der Waals surface area contributed by atoms with Crippen molar-refractivity contribution in [3.05, 3.63) is 23.8 Å². The van der Waals surface area contributed by atoms with E-state index in [1.54, 1.807) is 0 Å². The Morgan fingerprint density at radius 2 is 1.38 bits per heavy atom. The third-order valence-electron chi connectivity index (χ3n) is 3.88. The number of hydrogen-bond donors (Lipinski definition) is 0. The summed E-state index contributed by atoms with van der Waals surface area (Å²) in [7, 11) is 0. The number of carbonyl (C=O) groups is 2. The number of amides is 1. The zero-order valence-corrected chi connectivity index (χ0v) is 14.1. The molecule has 0 saturated carbocycles. The molecular formula is C15H11F9N2O3. The van der Waals surface area contributed by atoms with Crippen molar-refractivity contribution in [1.82, 2.24) is 4.90 Å². The minimum atomic E-state index is -5.51. The van der Waals surface area contributed by atoms with E-state index in [0.717, 1.165) is 6.07 Å². The molecule has 1 aromatic carbocycles. The Labute approximate surface area is 156 Å². The Morgan fingerprint density at radius 3 is 1.83 bits per heavy atom. The van der Waals surface area contributed by atoms with Crippen LogP contribution >= 0.6 is 0 Å². The smallest absolute Gasteiger partial charge is 0.419 e. The van der Waals surface area contributed by atoms with Gasteiger partial charge in [0.2, 0.25) is 0 Å². The number of esters is 1. The molecule has 1 aliphatic rings. The van der Waals surface area contributed by atoms with Gasteiger partial charge in [-0.05, 0) is 18.2 Å². The summed E-state index contributed by atoms with van der Waals surface area (Å²) in [4.78, 5) is 23.7. The van der Waals surface area contributed by atoms with E-state index in [1.807, 2.05) is 0 Å². The standard InChI is InChI=1S/C15H11F9N2O3/c16-13(17,18)9-7-8(1-2-10(9)29-12(28)15(22,23)24)25-3-5-26(6-4-25)11(27)14(19,20)21/h1-2,7H,3-6H2. The van der Waals surface area contributed by atoms with E-state index in [0.29, 0.717) is 17.0 Å². The number of ether oxygens (including phenoxy) is 1. The maximum atomic E-state index is 13.2. The SMILES string of the molecule is O=C(Oc1ccc(N2CCN(C(=O)C(F)(F)F)CC2)cc1C(F)(F)F)C(F)(F)F. The Kier molecular flexibility index (Phi) is 5.95. The lowest BCUT2D eigenvalue weighted by Crippen LogP contribution is -2.52. The van der Waals surface area contributed by atoms with E-state index >= 15 is 0 Å². The first kappa shape index (κ1) is 22.6. The maximum Gasteiger partial charge on any atom is 0.491 e. The molecule has 0 atom stereocenters. The first-order valence-electron chi connectivity index (χ1n) is 7.72. The van der Waals surface area contributed by atoms with Gasteiger partial charge in [-0.25, -0.2) is 4.79 Å². The number of nitrogens with zero attached hydrogens (tertiary/aromatic N) is 2. The highest BCUT2D eigenvalue weighted by Crippen LogP contribution is 2.39. The molecule has 0 unspecified atom stereocenters. The zero-order chi connectivity index (χ0) is 22.2. The van der Waals surface area contributed by atoms with Gasteiger partial charge in [0.25, 0.3) is 0 Å². The number of anilines is 1. The van der Waals surface area contributed by atoms with Gasteiger partial charge in [-0.3, -0.25) is 4.79 Å². The number of carbonyl (C=O) groups excluding carboxylic acids is 2. The second-order valence-corrected chi connectivity index (χ2v) is 5.84. The second kappa shape index (κ2) is 7.63. The molecule has 1 heterocycles. The van der Waals surface area contributed by atoms with Gasteiger partial charge >= 0.3 is 30.4 Å². The molecule has 1 saturated heterocycles.